The van der Waals surface area contributed by atoms with Gasteiger partial charge in [-0.1, -0.05) is 60.7 Å². The molecule has 0 saturated carbocycles. The van der Waals surface area contributed by atoms with Gasteiger partial charge in [-0.05, 0) is 17.5 Å². The minimum atomic E-state index is -3.55. The van der Waals surface area contributed by atoms with Crippen LogP contribution in [0.5, 0.6) is 0 Å². The third-order valence-electron chi connectivity index (χ3n) is 5.73. The van der Waals surface area contributed by atoms with E-state index in [2.05, 4.69) is 16.7 Å². The Labute approximate surface area is 156 Å². The molecule has 0 radical (unpaired) electrons. The van der Waals surface area contributed by atoms with Gasteiger partial charge in [-0.3, -0.25) is 0 Å². The van der Waals surface area contributed by atoms with E-state index in [-0.39, 0.29) is 0 Å². The molecule has 0 N–H and O–H groups in total. The number of aromatic nitrogens is 1. The van der Waals surface area contributed by atoms with Gasteiger partial charge in [0.2, 0.25) is 9.84 Å². The molecule has 3 nitrogen and oxygen atoms in total. The van der Waals surface area contributed by atoms with E-state index in [1.165, 1.54) is 0 Å². The molecule has 0 fully saturated rings. The highest BCUT2D eigenvalue weighted by atomic mass is 32.2. The number of hydrogen-bond acceptors (Lipinski definition) is 2. The minimum absolute atomic E-state index is 0.405. The third kappa shape index (κ3) is 1.65. The van der Waals surface area contributed by atoms with Crippen LogP contribution in [0.3, 0.4) is 0 Å². The van der Waals surface area contributed by atoms with Gasteiger partial charge >= 0.3 is 0 Å². The van der Waals surface area contributed by atoms with E-state index in [0.29, 0.717) is 9.79 Å². The number of nitrogens with zero attached hydrogens (tertiary/aromatic N) is 1. The van der Waals surface area contributed by atoms with Crippen LogP contribution in [0.2, 0.25) is 0 Å². The van der Waals surface area contributed by atoms with E-state index in [1.807, 2.05) is 55.6 Å². The molecule has 27 heavy (non-hydrogen) atoms. The monoisotopic (exact) mass is 369 g/mol. The summed E-state index contributed by atoms with van der Waals surface area (Å²) in [6.45, 7) is 0. The summed E-state index contributed by atoms with van der Waals surface area (Å²) < 4.78 is 29.0. The highest BCUT2D eigenvalue weighted by molar-refractivity contribution is 7.92. The topological polar surface area (TPSA) is 39.1 Å². The second-order valence-electron chi connectivity index (χ2n) is 7.05. The molecule has 2 heterocycles. The first kappa shape index (κ1) is 15.0. The lowest BCUT2D eigenvalue weighted by Crippen LogP contribution is -1.98. The zero-order chi connectivity index (χ0) is 18.3. The molecule has 4 aromatic carbocycles. The Morgan fingerprint density at radius 3 is 2.19 bits per heavy atom. The number of sulfone groups is 1. The van der Waals surface area contributed by atoms with Crippen molar-refractivity contribution in [2.45, 2.75) is 9.79 Å². The van der Waals surface area contributed by atoms with E-state index < -0.39 is 9.84 Å². The van der Waals surface area contributed by atoms with E-state index in [1.54, 1.807) is 12.1 Å². The molecular formula is C23H15NO2S. The van der Waals surface area contributed by atoms with Crippen molar-refractivity contribution in [2.24, 2.45) is 7.05 Å². The molecular weight excluding hydrogens is 354 g/mol. The van der Waals surface area contributed by atoms with Crippen LogP contribution in [0.25, 0.3) is 43.7 Å². The molecule has 0 unspecified atom stereocenters. The molecule has 0 amide bonds. The van der Waals surface area contributed by atoms with Crippen LogP contribution in [0.15, 0.2) is 82.6 Å². The number of aryl methyl sites for hydroxylation is 1. The number of benzene rings is 4. The average molecular weight is 369 g/mol. The van der Waals surface area contributed by atoms with Crippen LogP contribution in [-0.4, -0.2) is 13.0 Å². The fraction of sp³-hybridized carbons (Fsp3) is 0.0435. The third-order valence-corrected chi connectivity index (χ3v) is 7.62. The van der Waals surface area contributed by atoms with Crippen molar-refractivity contribution in [3.8, 4) is 11.1 Å². The molecule has 1 aliphatic rings. The molecule has 4 heteroatoms. The van der Waals surface area contributed by atoms with Crippen molar-refractivity contribution in [3.63, 3.8) is 0 Å². The van der Waals surface area contributed by atoms with Crippen LogP contribution in [0.1, 0.15) is 0 Å². The number of para-hydroxylation sites is 1. The Morgan fingerprint density at radius 2 is 1.37 bits per heavy atom. The second kappa shape index (κ2) is 4.78. The van der Waals surface area contributed by atoms with Gasteiger partial charge in [0.05, 0.1) is 15.3 Å². The Morgan fingerprint density at radius 1 is 0.741 bits per heavy atom. The molecule has 1 aliphatic heterocycles. The van der Waals surface area contributed by atoms with E-state index in [4.69, 9.17) is 0 Å². The number of rotatable bonds is 0. The highest BCUT2D eigenvalue weighted by Crippen LogP contribution is 2.52. The fourth-order valence-electron chi connectivity index (χ4n) is 4.65. The Hall–Kier alpha value is -3.11. The van der Waals surface area contributed by atoms with Gasteiger partial charge in [0.1, 0.15) is 0 Å². The summed E-state index contributed by atoms with van der Waals surface area (Å²) in [4.78, 5) is 0.848. The van der Waals surface area contributed by atoms with Gasteiger partial charge < -0.3 is 4.57 Å². The fourth-order valence-corrected chi connectivity index (χ4v) is 6.53. The van der Waals surface area contributed by atoms with Gasteiger partial charge in [0, 0.05) is 39.8 Å². The maximum Gasteiger partial charge on any atom is 0.208 e. The quantitative estimate of drug-likeness (QED) is 0.364. The SMILES string of the molecule is Cn1c2ccccc2c2c3ccccc3c3c(c21)-c1ccccc1S3(=O)=O. The minimum Gasteiger partial charge on any atom is -0.343 e. The summed E-state index contributed by atoms with van der Waals surface area (Å²) in [5.74, 6) is 0. The molecule has 0 bridgehead atoms. The maximum atomic E-state index is 13.5. The van der Waals surface area contributed by atoms with Crippen LogP contribution in [0.4, 0.5) is 0 Å². The van der Waals surface area contributed by atoms with Gasteiger partial charge in [-0.15, -0.1) is 0 Å². The van der Waals surface area contributed by atoms with Crippen molar-refractivity contribution in [1.29, 1.82) is 0 Å². The van der Waals surface area contributed by atoms with Crippen molar-refractivity contribution in [2.75, 3.05) is 0 Å². The van der Waals surface area contributed by atoms with Crippen molar-refractivity contribution < 1.29 is 8.42 Å². The lowest BCUT2D eigenvalue weighted by molar-refractivity contribution is 0.599. The first-order valence-electron chi connectivity index (χ1n) is 8.87. The lowest BCUT2D eigenvalue weighted by Gasteiger charge is -2.10. The van der Waals surface area contributed by atoms with Crippen LogP contribution >= 0.6 is 0 Å². The van der Waals surface area contributed by atoms with Crippen molar-refractivity contribution in [3.05, 3.63) is 72.8 Å². The predicted molar refractivity (Wildman–Crippen MR) is 109 cm³/mol. The molecule has 6 rings (SSSR count). The van der Waals surface area contributed by atoms with Gasteiger partial charge in [-0.25, -0.2) is 8.42 Å². The standard InChI is InChI=1S/C23H15NO2S/c1-24-18-12-6-4-10-16(18)20-14-8-2-3-9-15(14)23-21(22(20)24)17-11-5-7-13-19(17)27(23,25)26/h2-13H,1H3. The molecule has 1 aromatic heterocycles. The summed E-state index contributed by atoms with van der Waals surface area (Å²) in [6, 6.07) is 23.5. The molecule has 0 saturated heterocycles. The number of fused-ring (bicyclic) bond motifs is 10. The first-order valence-corrected chi connectivity index (χ1v) is 10.4. The smallest absolute Gasteiger partial charge is 0.208 e. The van der Waals surface area contributed by atoms with Crippen LogP contribution in [-0.2, 0) is 16.9 Å². The van der Waals surface area contributed by atoms with E-state index in [9.17, 15) is 8.42 Å². The van der Waals surface area contributed by atoms with E-state index in [0.717, 1.165) is 43.7 Å². The summed E-state index contributed by atoms with van der Waals surface area (Å²) in [5.41, 5.74) is 3.72. The summed E-state index contributed by atoms with van der Waals surface area (Å²) in [6.07, 6.45) is 0. The average Bonchev–Trinajstić information content (AvgIpc) is 3.12. The van der Waals surface area contributed by atoms with Crippen LogP contribution < -0.4 is 0 Å². The van der Waals surface area contributed by atoms with Gasteiger partial charge in [-0.2, -0.15) is 0 Å². The highest BCUT2D eigenvalue weighted by Gasteiger charge is 2.37. The van der Waals surface area contributed by atoms with Gasteiger partial charge in [0.25, 0.3) is 0 Å². The Kier molecular flexibility index (Phi) is 2.66. The molecule has 0 atom stereocenters. The largest absolute Gasteiger partial charge is 0.343 e. The molecule has 0 spiro atoms. The molecule has 0 aliphatic carbocycles. The Bertz CT molecular complexity index is 1540. The zero-order valence-corrected chi connectivity index (χ0v) is 15.4. The molecule has 130 valence electrons. The van der Waals surface area contributed by atoms with Crippen LogP contribution in [0, 0.1) is 0 Å². The second-order valence-corrected chi connectivity index (χ2v) is 8.90. The van der Waals surface area contributed by atoms with E-state index >= 15 is 0 Å². The summed E-state index contributed by atoms with van der Waals surface area (Å²) >= 11 is 0. The maximum absolute atomic E-state index is 13.5. The van der Waals surface area contributed by atoms with Crippen molar-refractivity contribution in [1.82, 2.24) is 4.57 Å². The zero-order valence-electron chi connectivity index (χ0n) is 14.6. The normalized spacial score (nSPS) is 14.7. The van der Waals surface area contributed by atoms with Gasteiger partial charge in [0.15, 0.2) is 0 Å². The predicted octanol–water partition coefficient (Wildman–Crippen LogP) is 5.30. The summed E-state index contributed by atoms with van der Waals surface area (Å²) in [5, 5.41) is 4.05. The first-order chi connectivity index (χ1) is 13.1. The molecule has 5 aromatic rings. The Balaban J connectivity index is 2.06. The van der Waals surface area contributed by atoms with Crippen molar-refractivity contribution >= 4 is 42.4 Å². The number of hydrogen-bond donors (Lipinski definition) is 0. The summed E-state index contributed by atoms with van der Waals surface area (Å²) in [7, 11) is -1.53. The lowest BCUT2D eigenvalue weighted by atomic mass is 9.96.